The van der Waals surface area contributed by atoms with Crippen molar-refractivity contribution in [3.8, 4) is 11.3 Å². The quantitative estimate of drug-likeness (QED) is 0.663. The van der Waals surface area contributed by atoms with Gasteiger partial charge in [-0.05, 0) is 12.1 Å². The predicted octanol–water partition coefficient (Wildman–Crippen LogP) is 1.85. The van der Waals surface area contributed by atoms with Crippen LogP contribution in [0.15, 0.2) is 54.9 Å². The van der Waals surface area contributed by atoms with E-state index in [0.29, 0.717) is 37.9 Å². The van der Waals surface area contributed by atoms with Crippen LogP contribution < -0.4 is 4.90 Å². The normalized spacial score (nSPS) is 21.4. The molecular formula is C22H24N6O2. The smallest absolute Gasteiger partial charge is 0.272 e. The van der Waals surface area contributed by atoms with Gasteiger partial charge in [0, 0.05) is 50.6 Å². The van der Waals surface area contributed by atoms with E-state index in [0.717, 1.165) is 17.8 Å². The number of hydrogen-bond acceptors (Lipinski definition) is 6. The number of carbonyl (C=O) groups excluding carboxylic acids is 1. The third-order valence-corrected chi connectivity index (χ3v) is 5.73. The van der Waals surface area contributed by atoms with E-state index in [1.807, 2.05) is 54.4 Å². The number of nitrogens with zero attached hydrogens (tertiary/aromatic N) is 6. The van der Waals surface area contributed by atoms with Gasteiger partial charge in [-0.3, -0.25) is 9.48 Å². The Hall–Kier alpha value is -3.26. The van der Waals surface area contributed by atoms with Crippen LogP contribution in [-0.2, 0) is 11.8 Å². The van der Waals surface area contributed by atoms with E-state index in [2.05, 4.69) is 20.0 Å². The van der Waals surface area contributed by atoms with E-state index in [-0.39, 0.29) is 17.9 Å². The summed E-state index contributed by atoms with van der Waals surface area (Å²) < 4.78 is 7.56. The van der Waals surface area contributed by atoms with E-state index in [1.54, 1.807) is 17.1 Å². The molecule has 2 aliphatic rings. The molecule has 0 spiro atoms. The van der Waals surface area contributed by atoms with Crippen LogP contribution in [0.4, 0.5) is 5.95 Å². The fourth-order valence-corrected chi connectivity index (χ4v) is 4.27. The number of fused-ring (bicyclic) bond motifs is 3. The van der Waals surface area contributed by atoms with Crippen molar-refractivity contribution in [1.29, 1.82) is 0 Å². The van der Waals surface area contributed by atoms with E-state index in [9.17, 15) is 4.79 Å². The zero-order chi connectivity index (χ0) is 20.5. The molecule has 1 aromatic carbocycles. The molecule has 2 atom stereocenters. The Labute approximate surface area is 175 Å². The molecule has 3 aromatic rings. The monoisotopic (exact) mass is 404 g/mol. The molecule has 5 rings (SSSR count). The number of anilines is 1. The maximum absolute atomic E-state index is 13.5. The summed E-state index contributed by atoms with van der Waals surface area (Å²) >= 11 is 0. The number of hydrogen-bond donors (Lipinski definition) is 0. The van der Waals surface area contributed by atoms with E-state index in [4.69, 9.17) is 4.74 Å². The van der Waals surface area contributed by atoms with Crippen LogP contribution >= 0.6 is 0 Å². The van der Waals surface area contributed by atoms with Crippen LogP contribution in [0.2, 0.25) is 0 Å². The number of benzene rings is 1. The van der Waals surface area contributed by atoms with Gasteiger partial charge in [0.15, 0.2) is 0 Å². The molecule has 2 bridgehead atoms. The molecule has 2 fully saturated rings. The van der Waals surface area contributed by atoms with Crippen molar-refractivity contribution in [2.75, 3.05) is 37.7 Å². The molecule has 30 heavy (non-hydrogen) atoms. The lowest BCUT2D eigenvalue weighted by Crippen LogP contribution is -2.46. The van der Waals surface area contributed by atoms with Gasteiger partial charge in [-0.15, -0.1) is 0 Å². The molecule has 8 nitrogen and oxygen atoms in total. The van der Waals surface area contributed by atoms with Crippen molar-refractivity contribution < 1.29 is 9.53 Å². The Balaban J connectivity index is 1.41. The predicted molar refractivity (Wildman–Crippen MR) is 112 cm³/mol. The first-order valence-corrected chi connectivity index (χ1v) is 10.2. The summed E-state index contributed by atoms with van der Waals surface area (Å²) in [4.78, 5) is 26.4. The summed E-state index contributed by atoms with van der Waals surface area (Å²) in [6.07, 6.45) is 3.50. The summed E-state index contributed by atoms with van der Waals surface area (Å²) in [5.41, 5.74) is 2.40. The molecule has 0 saturated carbocycles. The van der Waals surface area contributed by atoms with Crippen molar-refractivity contribution in [3.05, 3.63) is 60.6 Å². The zero-order valence-electron chi connectivity index (χ0n) is 16.9. The van der Waals surface area contributed by atoms with Gasteiger partial charge >= 0.3 is 0 Å². The average molecular weight is 404 g/mol. The number of amides is 1. The van der Waals surface area contributed by atoms with E-state index < -0.39 is 0 Å². The summed E-state index contributed by atoms with van der Waals surface area (Å²) in [6, 6.07) is 13.6. The fraction of sp³-hybridized carbons (Fsp3) is 0.364. The fourth-order valence-electron chi connectivity index (χ4n) is 4.27. The lowest BCUT2D eigenvalue weighted by molar-refractivity contribution is 0.0489. The second-order valence-electron chi connectivity index (χ2n) is 7.87. The largest absolute Gasteiger partial charge is 0.379 e. The summed E-state index contributed by atoms with van der Waals surface area (Å²) in [6.45, 7) is 3.17. The third kappa shape index (κ3) is 3.54. The Morgan fingerprint density at radius 1 is 1.03 bits per heavy atom. The van der Waals surface area contributed by atoms with Crippen molar-refractivity contribution in [3.63, 3.8) is 0 Å². The second kappa shape index (κ2) is 7.87. The van der Waals surface area contributed by atoms with Crippen LogP contribution in [0.3, 0.4) is 0 Å². The van der Waals surface area contributed by atoms with Crippen LogP contribution in [-0.4, -0.2) is 69.4 Å². The van der Waals surface area contributed by atoms with Gasteiger partial charge in [0.2, 0.25) is 5.95 Å². The first kappa shape index (κ1) is 18.7. The Morgan fingerprint density at radius 2 is 1.83 bits per heavy atom. The lowest BCUT2D eigenvalue weighted by Gasteiger charge is -2.31. The summed E-state index contributed by atoms with van der Waals surface area (Å²) in [7, 11) is 1.82. The van der Waals surface area contributed by atoms with Crippen LogP contribution in [0.25, 0.3) is 11.3 Å². The molecule has 4 heterocycles. The molecular weight excluding hydrogens is 380 g/mol. The van der Waals surface area contributed by atoms with Crippen molar-refractivity contribution in [2.45, 2.75) is 6.04 Å². The summed E-state index contributed by atoms with van der Waals surface area (Å²) in [5, 5.41) is 4.57. The van der Waals surface area contributed by atoms with Gasteiger partial charge < -0.3 is 14.5 Å². The first-order valence-electron chi connectivity index (χ1n) is 10.2. The minimum Gasteiger partial charge on any atom is -0.379 e. The molecule has 0 aliphatic carbocycles. The number of aromatic nitrogens is 4. The topological polar surface area (TPSA) is 76.4 Å². The molecule has 2 aliphatic heterocycles. The third-order valence-electron chi connectivity index (χ3n) is 5.73. The van der Waals surface area contributed by atoms with E-state index >= 15 is 0 Å². The van der Waals surface area contributed by atoms with Gasteiger partial charge in [0.25, 0.3) is 5.91 Å². The molecule has 0 radical (unpaired) electrons. The summed E-state index contributed by atoms with van der Waals surface area (Å²) in [5.74, 6) is 0.895. The van der Waals surface area contributed by atoms with E-state index in [1.165, 1.54) is 0 Å². The molecule has 1 amide bonds. The minimum absolute atomic E-state index is 0.0000823. The molecule has 2 saturated heterocycles. The highest BCUT2D eigenvalue weighted by Gasteiger charge is 2.37. The molecule has 8 heteroatoms. The van der Waals surface area contributed by atoms with Gasteiger partial charge in [-0.1, -0.05) is 30.3 Å². The highest BCUT2D eigenvalue weighted by molar-refractivity contribution is 5.94. The van der Waals surface area contributed by atoms with Crippen LogP contribution in [0, 0.1) is 5.92 Å². The van der Waals surface area contributed by atoms with Gasteiger partial charge in [-0.25, -0.2) is 9.97 Å². The number of rotatable bonds is 3. The molecule has 2 aromatic heterocycles. The SMILES string of the molecule is Cn1nc(-c2ccccc2)cc1C(=O)N1C[C@@H]2COC[C@H](C1)N(c1ncccn1)C2. The lowest BCUT2D eigenvalue weighted by atomic mass is 10.1. The molecule has 0 unspecified atom stereocenters. The van der Waals surface area contributed by atoms with Gasteiger partial charge in [0.05, 0.1) is 24.9 Å². The Kier molecular flexibility index (Phi) is 4.92. The van der Waals surface area contributed by atoms with Crippen molar-refractivity contribution in [2.24, 2.45) is 13.0 Å². The number of carbonyl (C=O) groups is 1. The Morgan fingerprint density at radius 3 is 2.63 bits per heavy atom. The maximum atomic E-state index is 13.5. The van der Waals surface area contributed by atoms with Gasteiger partial charge in [-0.2, -0.15) is 5.10 Å². The minimum atomic E-state index is -0.0000823. The molecule has 154 valence electrons. The van der Waals surface area contributed by atoms with Gasteiger partial charge in [0.1, 0.15) is 5.69 Å². The highest BCUT2D eigenvalue weighted by atomic mass is 16.5. The average Bonchev–Trinajstić information content (AvgIpc) is 2.94. The standard InChI is InChI=1S/C22H24N6O2/c1-26-20(10-19(25-26)17-6-3-2-4-7-17)21(29)27-11-16-12-28(18(13-27)15-30-14-16)22-23-8-5-9-24-22/h2-10,16,18H,11-15H2,1H3/t16-,18-/m0/s1. The number of aryl methyl sites for hydroxylation is 1. The zero-order valence-corrected chi connectivity index (χ0v) is 16.9. The first-order chi connectivity index (χ1) is 14.7. The Bertz CT molecular complexity index is 1020. The van der Waals surface area contributed by atoms with Crippen LogP contribution in [0.1, 0.15) is 10.5 Å². The molecule has 0 N–H and O–H groups in total. The van der Waals surface area contributed by atoms with Crippen molar-refractivity contribution in [1.82, 2.24) is 24.6 Å². The number of ether oxygens (including phenoxy) is 1. The highest BCUT2D eigenvalue weighted by Crippen LogP contribution is 2.25. The maximum Gasteiger partial charge on any atom is 0.272 e. The van der Waals surface area contributed by atoms with Crippen LogP contribution in [0.5, 0.6) is 0 Å². The van der Waals surface area contributed by atoms with Crippen molar-refractivity contribution >= 4 is 11.9 Å². The second-order valence-corrected chi connectivity index (χ2v) is 7.87.